The average Bonchev–Trinajstić information content (AvgIpc) is 3.00. The summed E-state index contributed by atoms with van der Waals surface area (Å²) in [5.41, 5.74) is 10.8. The van der Waals surface area contributed by atoms with Crippen LogP contribution in [0, 0.1) is 0 Å². The van der Waals surface area contributed by atoms with E-state index in [1.807, 2.05) is 0 Å². The van der Waals surface area contributed by atoms with Crippen molar-refractivity contribution in [3.8, 4) is 0 Å². The van der Waals surface area contributed by atoms with E-state index in [0.717, 1.165) is 52.1 Å². The van der Waals surface area contributed by atoms with E-state index in [0.29, 0.717) is 0 Å². The van der Waals surface area contributed by atoms with Gasteiger partial charge in [0.1, 0.15) is 0 Å². The quantitative estimate of drug-likeness (QED) is 0.366. The molecule has 0 atom stereocenters. The van der Waals surface area contributed by atoms with Crippen molar-refractivity contribution >= 4 is 0 Å². The number of nitrogens with zero attached hydrogens (tertiary/aromatic N) is 1. The Morgan fingerprint density at radius 3 is 1.68 bits per heavy atom. The van der Waals surface area contributed by atoms with Crippen molar-refractivity contribution in [3.63, 3.8) is 0 Å². The molecule has 1 rings (SSSR count). The van der Waals surface area contributed by atoms with Gasteiger partial charge >= 0.3 is 0 Å². The van der Waals surface area contributed by atoms with Crippen molar-refractivity contribution in [1.29, 1.82) is 0 Å². The lowest BCUT2D eigenvalue weighted by molar-refractivity contribution is 0.570. The normalized spacial score (nSPS) is 10.0. The van der Waals surface area contributed by atoms with E-state index in [4.69, 9.17) is 11.5 Å². The minimum atomic E-state index is 0.785. The van der Waals surface area contributed by atoms with Gasteiger partial charge in [-0.1, -0.05) is 0 Å². The lowest BCUT2D eigenvalue weighted by atomic mass is 10.3. The zero-order chi connectivity index (χ0) is 14.0. The van der Waals surface area contributed by atoms with Gasteiger partial charge in [-0.25, -0.2) is 4.98 Å². The number of rotatable bonds is 11. The number of imidazole rings is 1. The second-order valence-electron chi connectivity index (χ2n) is 4.25. The maximum atomic E-state index is 5.38. The van der Waals surface area contributed by atoms with Gasteiger partial charge in [-0.3, -0.25) is 0 Å². The summed E-state index contributed by atoms with van der Waals surface area (Å²) < 4.78 is 0. The smallest absolute Gasteiger partial charge is 0.0919 e. The topological polar surface area (TPSA) is 105 Å². The number of aromatic amines is 1. The standard InChI is InChI=1S/C10H26N4.C3H4N2/c11-5-3-9-13-7-1-2-8-14-10-4-6-12;1-2-5-3-4-1/h13-14H,1-12H2;1-3H,(H,4,5). The SMILES string of the molecule is NCCCNCCCCNCCCN.c1c[nH]cn1. The van der Waals surface area contributed by atoms with Gasteiger partial charge in [0.05, 0.1) is 6.33 Å². The molecule has 0 radical (unpaired) electrons. The molecule has 6 nitrogen and oxygen atoms in total. The van der Waals surface area contributed by atoms with Crippen molar-refractivity contribution in [2.75, 3.05) is 39.3 Å². The molecule has 7 N–H and O–H groups in total. The Kier molecular flexibility index (Phi) is 16.2. The second kappa shape index (κ2) is 17.1. The van der Waals surface area contributed by atoms with E-state index < -0.39 is 0 Å². The molecule has 1 aromatic rings. The van der Waals surface area contributed by atoms with E-state index in [-0.39, 0.29) is 0 Å². The molecule has 0 aromatic carbocycles. The Balaban J connectivity index is 0.000000532. The third kappa shape index (κ3) is 17.1. The van der Waals surface area contributed by atoms with Crippen LogP contribution in [0.5, 0.6) is 0 Å². The van der Waals surface area contributed by atoms with Crippen LogP contribution in [0.3, 0.4) is 0 Å². The van der Waals surface area contributed by atoms with Crippen LogP contribution < -0.4 is 22.1 Å². The van der Waals surface area contributed by atoms with E-state index >= 15 is 0 Å². The van der Waals surface area contributed by atoms with E-state index in [1.54, 1.807) is 18.7 Å². The Hall–Kier alpha value is -0.950. The highest BCUT2D eigenvalue weighted by molar-refractivity contribution is 4.64. The molecule has 1 heterocycles. The maximum absolute atomic E-state index is 5.38. The van der Waals surface area contributed by atoms with Crippen LogP contribution in [0.25, 0.3) is 0 Å². The Morgan fingerprint density at radius 1 is 0.842 bits per heavy atom. The molecule has 0 spiro atoms. The van der Waals surface area contributed by atoms with Crippen LogP contribution in [0.15, 0.2) is 18.7 Å². The van der Waals surface area contributed by atoms with Crippen molar-refractivity contribution < 1.29 is 0 Å². The molecule has 0 aliphatic heterocycles. The average molecular weight is 270 g/mol. The minimum Gasteiger partial charge on any atom is -0.351 e. The number of hydrogen-bond acceptors (Lipinski definition) is 5. The Morgan fingerprint density at radius 2 is 1.37 bits per heavy atom. The number of H-pyrrole nitrogens is 1. The van der Waals surface area contributed by atoms with Gasteiger partial charge in [-0.2, -0.15) is 0 Å². The molecule has 19 heavy (non-hydrogen) atoms. The molecule has 0 unspecified atom stereocenters. The number of nitrogens with two attached hydrogens (primary N) is 2. The zero-order valence-electron chi connectivity index (χ0n) is 11.9. The summed E-state index contributed by atoms with van der Waals surface area (Å²) in [4.78, 5) is 6.42. The zero-order valence-corrected chi connectivity index (χ0v) is 11.9. The van der Waals surface area contributed by atoms with Crippen LogP contribution in [0.1, 0.15) is 25.7 Å². The van der Waals surface area contributed by atoms with Crippen molar-refractivity contribution in [3.05, 3.63) is 18.7 Å². The highest BCUT2D eigenvalue weighted by Crippen LogP contribution is 1.85. The van der Waals surface area contributed by atoms with Gasteiger partial charge in [0, 0.05) is 12.4 Å². The van der Waals surface area contributed by atoms with E-state index in [9.17, 15) is 0 Å². The summed E-state index contributed by atoms with van der Waals surface area (Å²) in [5.74, 6) is 0. The van der Waals surface area contributed by atoms with Crippen LogP contribution in [-0.4, -0.2) is 49.2 Å². The predicted molar refractivity (Wildman–Crippen MR) is 80.9 cm³/mol. The molecule has 0 amide bonds. The van der Waals surface area contributed by atoms with E-state index in [1.165, 1.54) is 12.8 Å². The summed E-state index contributed by atoms with van der Waals surface area (Å²) in [6.07, 6.45) is 9.71. The van der Waals surface area contributed by atoms with Crippen molar-refractivity contribution in [1.82, 2.24) is 20.6 Å². The summed E-state index contributed by atoms with van der Waals surface area (Å²) in [5, 5.41) is 6.72. The van der Waals surface area contributed by atoms with Gasteiger partial charge in [0.15, 0.2) is 0 Å². The highest BCUT2D eigenvalue weighted by Gasteiger charge is 1.89. The minimum absolute atomic E-state index is 0.785. The molecule has 0 saturated carbocycles. The van der Waals surface area contributed by atoms with Gasteiger partial charge in [-0.05, 0) is 65.0 Å². The number of aromatic nitrogens is 2. The van der Waals surface area contributed by atoms with Crippen LogP contribution in [-0.2, 0) is 0 Å². The summed E-state index contributed by atoms with van der Waals surface area (Å²) in [7, 11) is 0. The largest absolute Gasteiger partial charge is 0.351 e. The fourth-order valence-corrected chi connectivity index (χ4v) is 1.42. The van der Waals surface area contributed by atoms with E-state index in [2.05, 4.69) is 20.6 Å². The van der Waals surface area contributed by atoms with Gasteiger partial charge in [0.2, 0.25) is 0 Å². The molecule has 0 fully saturated rings. The number of unbranched alkanes of at least 4 members (excludes halogenated alkanes) is 1. The first-order valence-electron chi connectivity index (χ1n) is 7.16. The fraction of sp³-hybridized carbons (Fsp3) is 0.769. The van der Waals surface area contributed by atoms with Gasteiger partial charge in [-0.15, -0.1) is 0 Å². The monoisotopic (exact) mass is 270 g/mol. The molecule has 112 valence electrons. The lowest BCUT2D eigenvalue weighted by Crippen LogP contribution is -2.22. The Labute approximate surface area is 116 Å². The summed E-state index contributed by atoms with van der Waals surface area (Å²) >= 11 is 0. The molecule has 0 aliphatic rings. The highest BCUT2D eigenvalue weighted by atomic mass is 14.9. The van der Waals surface area contributed by atoms with Crippen LogP contribution >= 0.6 is 0 Å². The molecule has 0 bridgehead atoms. The number of nitrogens with one attached hydrogen (secondary N) is 3. The summed E-state index contributed by atoms with van der Waals surface area (Å²) in [6.45, 7) is 5.90. The van der Waals surface area contributed by atoms with Crippen molar-refractivity contribution in [2.45, 2.75) is 25.7 Å². The van der Waals surface area contributed by atoms with Gasteiger partial charge < -0.3 is 27.1 Å². The van der Waals surface area contributed by atoms with Crippen LogP contribution in [0.4, 0.5) is 0 Å². The lowest BCUT2D eigenvalue weighted by Gasteiger charge is -2.04. The first-order valence-corrected chi connectivity index (χ1v) is 7.16. The third-order valence-electron chi connectivity index (χ3n) is 2.48. The van der Waals surface area contributed by atoms with Crippen molar-refractivity contribution in [2.24, 2.45) is 11.5 Å². The Bertz CT molecular complexity index is 198. The summed E-state index contributed by atoms with van der Waals surface area (Å²) in [6, 6.07) is 0. The predicted octanol–water partition coefficient (Wildman–Crippen LogP) is 0.0531. The van der Waals surface area contributed by atoms with Crippen LogP contribution in [0.2, 0.25) is 0 Å². The molecule has 0 aliphatic carbocycles. The molecular weight excluding hydrogens is 240 g/mol. The second-order valence-corrected chi connectivity index (χ2v) is 4.25. The molecule has 0 saturated heterocycles. The maximum Gasteiger partial charge on any atom is 0.0919 e. The van der Waals surface area contributed by atoms with Gasteiger partial charge in [0.25, 0.3) is 0 Å². The molecule has 1 aromatic heterocycles. The third-order valence-corrected chi connectivity index (χ3v) is 2.48. The first-order chi connectivity index (χ1) is 9.41. The molecular formula is C13H30N6. The first kappa shape index (κ1) is 18.0. The fourth-order valence-electron chi connectivity index (χ4n) is 1.42. The number of hydrogen-bond donors (Lipinski definition) is 5. The molecule has 6 heteroatoms.